The van der Waals surface area contributed by atoms with Gasteiger partial charge in [0.1, 0.15) is 5.82 Å². The van der Waals surface area contributed by atoms with E-state index in [1.54, 1.807) is 17.7 Å². The van der Waals surface area contributed by atoms with Gasteiger partial charge in [-0.15, -0.1) is 0 Å². The lowest BCUT2D eigenvalue weighted by atomic mass is 10.1. The van der Waals surface area contributed by atoms with Crippen LogP contribution in [-0.2, 0) is 22.1 Å². The van der Waals surface area contributed by atoms with E-state index in [0.717, 1.165) is 12.1 Å². The predicted molar refractivity (Wildman–Crippen MR) is 77.9 cm³/mol. The number of aromatic nitrogens is 2. The third-order valence-electron chi connectivity index (χ3n) is 3.19. The highest BCUT2D eigenvalue weighted by Crippen LogP contribution is 2.32. The number of hydrogen-bond donors (Lipinski definition) is 1. The van der Waals surface area contributed by atoms with Crippen molar-refractivity contribution in [1.82, 2.24) is 9.55 Å². The number of hydrogen-bond acceptors (Lipinski definition) is 4. The quantitative estimate of drug-likeness (QED) is 0.677. The molecular formula is C15H16F3N3O2. The molecule has 1 heterocycles. The predicted octanol–water partition coefficient (Wildman–Crippen LogP) is 2.97. The maximum Gasteiger partial charge on any atom is 0.416 e. The van der Waals surface area contributed by atoms with Crippen molar-refractivity contribution in [3.63, 3.8) is 0 Å². The van der Waals surface area contributed by atoms with Crippen molar-refractivity contribution in [2.45, 2.75) is 25.9 Å². The lowest BCUT2D eigenvalue weighted by Crippen LogP contribution is -2.10. The van der Waals surface area contributed by atoms with E-state index in [4.69, 9.17) is 10.5 Å². The number of nitrogen functional groups attached to an aromatic ring is 1. The van der Waals surface area contributed by atoms with Gasteiger partial charge >= 0.3 is 12.1 Å². The Morgan fingerprint density at radius 1 is 1.39 bits per heavy atom. The Morgan fingerprint density at radius 3 is 2.74 bits per heavy atom. The number of esters is 1. The van der Waals surface area contributed by atoms with E-state index in [2.05, 4.69) is 4.98 Å². The first-order valence-electron chi connectivity index (χ1n) is 6.98. The zero-order valence-electron chi connectivity index (χ0n) is 12.4. The number of aryl methyl sites for hydroxylation is 1. The van der Waals surface area contributed by atoms with Crippen LogP contribution in [-0.4, -0.2) is 22.1 Å². The Morgan fingerprint density at radius 2 is 2.13 bits per heavy atom. The zero-order valence-corrected chi connectivity index (χ0v) is 12.4. The topological polar surface area (TPSA) is 70.1 Å². The number of alkyl halides is 3. The summed E-state index contributed by atoms with van der Waals surface area (Å²) in [6.45, 7) is 2.00. The first-order valence-corrected chi connectivity index (χ1v) is 6.98. The van der Waals surface area contributed by atoms with Gasteiger partial charge in [-0.05, 0) is 25.1 Å². The van der Waals surface area contributed by atoms with E-state index in [9.17, 15) is 18.0 Å². The van der Waals surface area contributed by atoms with Gasteiger partial charge in [-0.3, -0.25) is 4.79 Å². The van der Waals surface area contributed by atoms with E-state index in [-0.39, 0.29) is 18.1 Å². The van der Waals surface area contributed by atoms with Crippen LogP contribution >= 0.6 is 0 Å². The van der Waals surface area contributed by atoms with Crippen LogP contribution in [0, 0.1) is 0 Å². The first kappa shape index (κ1) is 16.9. The van der Waals surface area contributed by atoms with Crippen LogP contribution in [0.25, 0.3) is 5.69 Å². The molecule has 0 fully saturated rings. The molecule has 0 amide bonds. The molecule has 0 saturated carbocycles. The van der Waals surface area contributed by atoms with E-state index < -0.39 is 11.7 Å². The number of carbonyl (C=O) groups is 1. The van der Waals surface area contributed by atoms with Crippen molar-refractivity contribution in [1.29, 1.82) is 0 Å². The molecule has 0 saturated heterocycles. The third kappa shape index (κ3) is 4.02. The molecule has 0 spiro atoms. The molecule has 8 heteroatoms. The van der Waals surface area contributed by atoms with Gasteiger partial charge in [0, 0.05) is 18.8 Å². The van der Waals surface area contributed by atoms with Gasteiger partial charge in [-0.2, -0.15) is 13.2 Å². The summed E-state index contributed by atoms with van der Waals surface area (Å²) < 4.78 is 44.4. The average molecular weight is 327 g/mol. The molecular weight excluding hydrogens is 311 g/mol. The summed E-state index contributed by atoms with van der Waals surface area (Å²) in [4.78, 5) is 15.5. The highest BCUT2D eigenvalue weighted by molar-refractivity contribution is 5.69. The minimum atomic E-state index is -4.45. The fourth-order valence-electron chi connectivity index (χ4n) is 2.14. The minimum Gasteiger partial charge on any atom is -0.466 e. The fraction of sp³-hybridized carbons (Fsp3) is 0.333. The third-order valence-corrected chi connectivity index (χ3v) is 3.19. The smallest absolute Gasteiger partial charge is 0.416 e. The molecule has 1 aromatic heterocycles. The zero-order chi connectivity index (χ0) is 17.0. The highest BCUT2D eigenvalue weighted by atomic mass is 19.4. The summed E-state index contributed by atoms with van der Waals surface area (Å²) in [6, 6.07) is 3.12. The number of imidazole rings is 1. The standard InChI is InChI=1S/C15H16F3N3O2/c1-2-23-14(22)6-5-13-20-7-8-21(13)12-4-3-10(9-11(12)19)15(16,17)18/h3-4,7-9H,2,5-6,19H2,1H3. The lowest BCUT2D eigenvalue weighted by molar-refractivity contribution is -0.143. The summed E-state index contributed by atoms with van der Waals surface area (Å²) in [5, 5.41) is 0. The normalized spacial score (nSPS) is 11.5. The molecule has 0 aliphatic rings. The number of ether oxygens (including phenoxy) is 1. The molecule has 0 aliphatic heterocycles. The van der Waals surface area contributed by atoms with Crippen LogP contribution in [0.5, 0.6) is 0 Å². The number of nitrogens with zero attached hydrogens (tertiary/aromatic N) is 2. The minimum absolute atomic E-state index is 0.0183. The second-order valence-corrected chi connectivity index (χ2v) is 4.79. The van der Waals surface area contributed by atoms with Gasteiger partial charge in [0.2, 0.25) is 0 Å². The number of halogens is 3. The average Bonchev–Trinajstić information content (AvgIpc) is 2.92. The van der Waals surface area contributed by atoms with E-state index in [0.29, 0.717) is 24.5 Å². The van der Waals surface area contributed by atoms with Crippen LogP contribution in [0.1, 0.15) is 24.7 Å². The SMILES string of the molecule is CCOC(=O)CCc1nccn1-c1ccc(C(F)(F)F)cc1N. The van der Waals surface area contributed by atoms with Crippen LogP contribution < -0.4 is 5.73 Å². The summed E-state index contributed by atoms with van der Waals surface area (Å²) >= 11 is 0. The highest BCUT2D eigenvalue weighted by Gasteiger charge is 2.31. The molecule has 0 atom stereocenters. The molecule has 0 aliphatic carbocycles. The van der Waals surface area contributed by atoms with Crippen LogP contribution in [0.4, 0.5) is 18.9 Å². The lowest BCUT2D eigenvalue weighted by Gasteiger charge is -2.13. The van der Waals surface area contributed by atoms with Gasteiger partial charge in [-0.1, -0.05) is 0 Å². The van der Waals surface area contributed by atoms with Crippen molar-refractivity contribution >= 4 is 11.7 Å². The van der Waals surface area contributed by atoms with Gasteiger partial charge in [0.15, 0.2) is 0 Å². The van der Waals surface area contributed by atoms with Crippen molar-refractivity contribution in [3.8, 4) is 5.69 Å². The molecule has 5 nitrogen and oxygen atoms in total. The first-order chi connectivity index (χ1) is 10.8. The van der Waals surface area contributed by atoms with E-state index in [1.807, 2.05) is 0 Å². The van der Waals surface area contributed by atoms with Crippen molar-refractivity contribution in [2.24, 2.45) is 0 Å². The summed E-state index contributed by atoms with van der Waals surface area (Å²) in [6.07, 6.45) is -0.941. The Kier molecular flexibility index (Phi) is 4.92. The molecule has 1 aromatic carbocycles. The van der Waals surface area contributed by atoms with Gasteiger partial charge in [0.05, 0.1) is 30.0 Å². The van der Waals surface area contributed by atoms with Gasteiger partial charge < -0.3 is 15.0 Å². The Labute approximate surface area is 130 Å². The number of rotatable bonds is 5. The molecule has 2 rings (SSSR count). The Hall–Kier alpha value is -2.51. The largest absolute Gasteiger partial charge is 0.466 e. The fourth-order valence-corrected chi connectivity index (χ4v) is 2.14. The number of anilines is 1. The molecule has 0 radical (unpaired) electrons. The number of nitrogens with two attached hydrogens (primary N) is 1. The molecule has 0 unspecified atom stereocenters. The van der Waals surface area contributed by atoms with Crippen molar-refractivity contribution < 1.29 is 22.7 Å². The molecule has 124 valence electrons. The Bertz CT molecular complexity index is 696. The maximum absolute atomic E-state index is 12.7. The molecule has 23 heavy (non-hydrogen) atoms. The van der Waals surface area contributed by atoms with Crippen molar-refractivity contribution in [3.05, 3.63) is 42.0 Å². The number of carbonyl (C=O) groups excluding carboxylic acids is 1. The number of benzene rings is 1. The summed E-state index contributed by atoms with van der Waals surface area (Å²) in [5.41, 5.74) is 5.29. The summed E-state index contributed by atoms with van der Waals surface area (Å²) in [5.74, 6) is 0.159. The Balaban J connectivity index is 2.23. The molecule has 2 aromatic rings. The van der Waals surface area contributed by atoms with Crippen LogP contribution in [0.3, 0.4) is 0 Å². The van der Waals surface area contributed by atoms with Gasteiger partial charge in [-0.25, -0.2) is 4.98 Å². The van der Waals surface area contributed by atoms with Crippen LogP contribution in [0.15, 0.2) is 30.6 Å². The molecule has 0 bridgehead atoms. The monoisotopic (exact) mass is 327 g/mol. The van der Waals surface area contributed by atoms with Crippen molar-refractivity contribution in [2.75, 3.05) is 12.3 Å². The van der Waals surface area contributed by atoms with Gasteiger partial charge in [0.25, 0.3) is 0 Å². The molecule has 2 N–H and O–H groups in total. The van der Waals surface area contributed by atoms with E-state index >= 15 is 0 Å². The second-order valence-electron chi connectivity index (χ2n) is 4.79. The van der Waals surface area contributed by atoms with E-state index in [1.165, 1.54) is 12.3 Å². The second kappa shape index (κ2) is 6.72. The maximum atomic E-state index is 12.7. The summed E-state index contributed by atoms with van der Waals surface area (Å²) in [7, 11) is 0. The van der Waals surface area contributed by atoms with Crippen LogP contribution in [0.2, 0.25) is 0 Å².